The largest absolute Gasteiger partial charge is 0.506 e. The van der Waals surface area contributed by atoms with Crippen LogP contribution in [0.5, 0.6) is 5.75 Å². The third-order valence-corrected chi connectivity index (χ3v) is 5.65. The average Bonchev–Trinajstić information content (AvgIpc) is 2.86. The van der Waals surface area contributed by atoms with Crippen LogP contribution in [0.3, 0.4) is 0 Å². The molecule has 0 radical (unpaired) electrons. The molecule has 25 heavy (non-hydrogen) atoms. The predicted octanol–water partition coefficient (Wildman–Crippen LogP) is 3.39. The third-order valence-electron chi connectivity index (χ3n) is 5.65. The highest BCUT2D eigenvalue weighted by Crippen LogP contribution is 2.55. The Morgan fingerprint density at radius 2 is 2.16 bits per heavy atom. The van der Waals surface area contributed by atoms with E-state index in [9.17, 15) is 18.7 Å². The zero-order chi connectivity index (χ0) is 18.4. The summed E-state index contributed by atoms with van der Waals surface area (Å²) in [5, 5.41) is 19.4. The van der Waals surface area contributed by atoms with Gasteiger partial charge in [0.2, 0.25) is 5.91 Å². The lowest BCUT2D eigenvalue weighted by molar-refractivity contribution is -0.186. The van der Waals surface area contributed by atoms with Crippen LogP contribution in [0.1, 0.15) is 56.7 Å². The summed E-state index contributed by atoms with van der Waals surface area (Å²) in [5.41, 5.74) is -1.28. The van der Waals surface area contributed by atoms with Crippen LogP contribution in [0.2, 0.25) is 0 Å². The molecule has 1 aliphatic carbocycles. The molecule has 2 aliphatic rings. The van der Waals surface area contributed by atoms with Crippen molar-refractivity contribution in [3.05, 3.63) is 23.5 Å². The van der Waals surface area contributed by atoms with Crippen LogP contribution in [0, 0.1) is 22.7 Å². The van der Waals surface area contributed by atoms with E-state index in [4.69, 9.17) is 5.26 Å². The van der Waals surface area contributed by atoms with Crippen molar-refractivity contribution >= 4 is 5.91 Å². The van der Waals surface area contributed by atoms with E-state index in [-0.39, 0.29) is 30.1 Å². The standard InChI is InChI=1S/C18H21F2N3O2/c1-11-6-14(13-9-22-8-12(7-21)15(13)24)23(10-11)16(25)18(4-3-5-18)17(2,19)20/h8-9,11,14H,3-6,10H2,1-2H3,(H,22,24)/t11-,14+/m1/s1. The summed E-state index contributed by atoms with van der Waals surface area (Å²) in [6, 6.07) is 1.32. The first-order valence-corrected chi connectivity index (χ1v) is 8.47. The van der Waals surface area contributed by atoms with Gasteiger partial charge in [0.15, 0.2) is 0 Å². The summed E-state index contributed by atoms with van der Waals surface area (Å²) in [4.78, 5) is 18.5. The van der Waals surface area contributed by atoms with Gasteiger partial charge >= 0.3 is 0 Å². The van der Waals surface area contributed by atoms with Gasteiger partial charge < -0.3 is 10.0 Å². The number of carbonyl (C=O) groups is 1. The van der Waals surface area contributed by atoms with Crippen LogP contribution in [0.4, 0.5) is 8.78 Å². The van der Waals surface area contributed by atoms with Gasteiger partial charge in [-0.15, -0.1) is 0 Å². The monoisotopic (exact) mass is 349 g/mol. The van der Waals surface area contributed by atoms with Crippen molar-refractivity contribution in [1.82, 2.24) is 9.88 Å². The van der Waals surface area contributed by atoms with E-state index in [0.29, 0.717) is 24.9 Å². The van der Waals surface area contributed by atoms with E-state index in [1.165, 1.54) is 17.3 Å². The highest BCUT2D eigenvalue weighted by atomic mass is 19.3. The molecule has 2 atom stereocenters. The number of halogens is 2. The number of nitrogens with zero attached hydrogens (tertiary/aromatic N) is 3. The number of aromatic nitrogens is 1. The fourth-order valence-electron chi connectivity index (χ4n) is 4.01. The van der Waals surface area contributed by atoms with Gasteiger partial charge in [-0.25, -0.2) is 8.78 Å². The number of carbonyl (C=O) groups excluding carboxylic acids is 1. The maximum atomic E-state index is 14.2. The molecule has 1 aliphatic heterocycles. The Hall–Kier alpha value is -2.23. The fraction of sp³-hybridized carbons (Fsp3) is 0.611. The van der Waals surface area contributed by atoms with E-state index in [1.54, 1.807) is 0 Å². The van der Waals surface area contributed by atoms with Crippen molar-refractivity contribution in [2.45, 2.75) is 51.5 Å². The van der Waals surface area contributed by atoms with Gasteiger partial charge in [-0.2, -0.15) is 5.26 Å². The third kappa shape index (κ3) is 2.64. The lowest BCUT2D eigenvalue weighted by Crippen LogP contribution is -2.56. The van der Waals surface area contributed by atoms with Crippen LogP contribution in [-0.4, -0.2) is 33.4 Å². The summed E-state index contributed by atoms with van der Waals surface area (Å²) in [5.74, 6) is -3.75. The summed E-state index contributed by atoms with van der Waals surface area (Å²) in [6.07, 6.45) is 4.17. The Labute approximate surface area is 145 Å². The molecule has 1 aromatic rings. The van der Waals surface area contributed by atoms with Crippen LogP contribution in [0.15, 0.2) is 12.4 Å². The van der Waals surface area contributed by atoms with E-state index in [0.717, 1.165) is 6.92 Å². The molecule has 0 unspecified atom stereocenters. The maximum absolute atomic E-state index is 14.2. The molecule has 0 aromatic carbocycles. The lowest BCUT2D eigenvalue weighted by Gasteiger charge is -2.47. The molecule has 2 fully saturated rings. The van der Waals surface area contributed by atoms with Gasteiger partial charge in [0.1, 0.15) is 22.8 Å². The van der Waals surface area contributed by atoms with Gasteiger partial charge in [0.05, 0.1) is 6.04 Å². The van der Waals surface area contributed by atoms with Gasteiger partial charge in [-0.1, -0.05) is 13.3 Å². The van der Waals surface area contributed by atoms with E-state index >= 15 is 0 Å². The molecule has 1 aromatic heterocycles. The second-order valence-electron chi connectivity index (χ2n) is 7.37. The number of pyridine rings is 1. The maximum Gasteiger partial charge on any atom is 0.259 e. The number of nitriles is 1. The van der Waals surface area contributed by atoms with Gasteiger partial charge in [0.25, 0.3) is 5.92 Å². The van der Waals surface area contributed by atoms with Crippen molar-refractivity contribution in [3.63, 3.8) is 0 Å². The molecule has 0 bridgehead atoms. The molecule has 0 spiro atoms. The van der Waals surface area contributed by atoms with Crippen LogP contribution < -0.4 is 0 Å². The smallest absolute Gasteiger partial charge is 0.259 e. The fourth-order valence-corrected chi connectivity index (χ4v) is 4.01. The Kier molecular flexibility index (Phi) is 4.18. The quantitative estimate of drug-likeness (QED) is 0.907. The molecular formula is C18H21F2N3O2. The zero-order valence-electron chi connectivity index (χ0n) is 14.3. The van der Waals surface area contributed by atoms with Crippen molar-refractivity contribution in [1.29, 1.82) is 5.26 Å². The van der Waals surface area contributed by atoms with E-state index in [1.807, 2.05) is 13.0 Å². The van der Waals surface area contributed by atoms with Crippen LogP contribution in [-0.2, 0) is 4.79 Å². The Balaban J connectivity index is 1.99. The molecule has 1 saturated carbocycles. The average molecular weight is 349 g/mol. The topological polar surface area (TPSA) is 77.2 Å². The summed E-state index contributed by atoms with van der Waals surface area (Å²) >= 11 is 0. The van der Waals surface area contributed by atoms with Crippen molar-refractivity contribution in [2.24, 2.45) is 11.3 Å². The zero-order valence-corrected chi connectivity index (χ0v) is 14.3. The number of alkyl halides is 2. The first-order valence-electron chi connectivity index (χ1n) is 8.47. The Morgan fingerprint density at radius 1 is 1.48 bits per heavy atom. The molecule has 1 N–H and O–H groups in total. The molecule has 1 amide bonds. The summed E-state index contributed by atoms with van der Waals surface area (Å²) < 4.78 is 28.4. The second-order valence-corrected chi connectivity index (χ2v) is 7.37. The first-order chi connectivity index (χ1) is 11.7. The number of amides is 1. The minimum atomic E-state index is -3.09. The number of rotatable bonds is 3. The highest BCUT2D eigenvalue weighted by molar-refractivity contribution is 5.85. The van der Waals surface area contributed by atoms with Gasteiger partial charge in [0, 0.05) is 31.4 Å². The number of aromatic hydroxyl groups is 1. The molecule has 7 heteroatoms. The molecule has 3 rings (SSSR count). The molecule has 5 nitrogen and oxygen atoms in total. The number of hydrogen-bond acceptors (Lipinski definition) is 4. The molecule has 1 saturated heterocycles. The SMILES string of the molecule is C[C@@H]1C[C@@H](c2cncc(C#N)c2O)N(C(=O)C2(C(C)(F)F)CCC2)C1. The summed E-state index contributed by atoms with van der Waals surface area (Å²) in [6.45, 7) is 3.11. The highest BCUT2D eigenvalue weighted by Gasteiger charge is 2.61. The van der Waals surface area contributed by atoms with E-state index in [2.05, 4.69) is 4.98 Å². The van der Waals surface area contributed by atoms with Crippen molar-refractivity contribution < 1.29 is 18.7 Å². The van der Waals surface area contributed by atoms with Crippen LogP contribution >= 0.6 is 0 Å². The molecule has 2 heterocycles. The Bertz CT molecular complexity index is 735. The lowest BCUT2D eigenvalue weighted by atomic mass is 9.63. The van der Waals surface area contributed by atoms with Crippen molar-refractivity contribution in [3.8, 4) is 11.8 Å². The first kappa shape index (κ1) is 17.6. The number of likely N-dealkylation sites (tertiary alicyclic amines) is 1. The molecule has 134 valence electrons. The minimum absolute atomic E-state index is 0.0173. The second kappa shape index (κ2) is 5.94. The minimum Gasteiger partial charge on any atom is -0.506 e. The van der Waals surface area contributed by atoms with Gasteiger partial charge in [-0.05, 0) is 25.2 Å². The molecular weight excluding hydrogens is 328 g/mol. The Morgan fingerprint density at radius 3 is 2.68 bits per heavy atom. The van der Waals surface area contributed by atoms with E-state index < -0.39 is 23.3 Å². The van der Waals surface area contributed by atoms with Crippen LogP contribution in [0.25, 0.3) is 0 Å². The van der Waals surface area contributed by atoms with Crippen molar-refractivity contribution in [2.75, 3.05) is 6.54 Å². The summed E-state index contributed by atoms with van der Waals surface area (Å²) in [7, 11) is 0. The predicted molar refractivity (Wildman–Crippen MR) is 85.8 cm³/mol. The van der Waals surface area contributed by atoms with Gasteiger partial charge in [-0.3, -0.25) is 9.78 Å². The normalized spacial score (nSPS) is 25.3. The number of hydrogen-bond donors (Lipinski definition) is 1.